The third-order valence-corrected chi connectivity index (χ3v) is 4.87. The summed E-state index contributed by atoms with van der Waals surface area (Å²) in [6, 6.07) is 8.53. The summed E-state index contributed by atoms with van der Waals surface area (Å²) in [5.41, 5.74) is 7.06. The minimum Gasteiger partial charge on any atom is -0.328 e. The Bertz CT molecular complexity index is 575. The Morgan fingerprint density at radius 2 is 2.17 bits per heavy atom. The van der Waals surface area contributed by atoms with Crippen molar-refractivity contribution in [1.82, 2.24) is 0 Å². The van der Waals surface area contributed by atoms with E-state index in [1.165, 1.54) is 15.6 Å². The molecule has 1 aliphatic rings. The number of ketones is 1. The molecule has 1 saturated carbocycles. The maximum Gasteiger partial charge on any atom is 0.140 e. The van der Waals surface area contributed by atoms with Gasteiger partial charge in [0.2, 0.25) is 0 Å². The molecule has 2 atom stereocenters. The summed E-state index contributed by atoms with van der Waals surface area (Å²) < 4.78 is 1.27. The minimum atomic E-state index is 0.193. The Balaban J connectivity index is 1.78. The number of hydrogen-bond acceptors (Lipinski definition) is 3. The number of carbonyl (C=O) groups excluding carboxylic acids is 1. The molecule has 1 aromatic heterocycles. The lowest BCUT2D eigenvalue weighted by Crippen LogP contribution is -2.19. The second-order valence-corrected chi connectivity index (χ2v) is 6.08. The van der Waals surface area contributed by atoms with E-state index in [1.807, 2.05) is 12.1 Å². The second kappa shape index (κ2) is 4.82. The lowest BCUT2D eigenvalue weighted by atomic mass is 9.96. The molecule has 0 spiro atoms. The summed E-state index contributed by atoms with van der Waals surface area (Å²) in [7, 11) is 0. The van der Waals surface area contributed by atoms with Crippen LogP contribution in [0.5, 0.6) is 0 Å². The Labute approximate surface area is 111 Å². The number of carbonyl (C=O) groups is 1. The van der Waals surface area contributed by atoms with E-state index in [9.17, 15) is 4.79 Å². The summed E-state index contributed by atoms with van der Waals surface area (Å²) >= 11 is 1.72. The molecule has 1 aromatic carbocycles. The molecule has 1 heterocycles. The van der Waals surface area contributed by atoms with Crippen molar-refractivity contribution in [1.29, 1.82) is 0 Å². The fraction of sp³-hybridized carbons (Fsp3) is 0.400. The van der Waals surface area contributed by atoms with Gasteiger partial charge in [0.15, 0.2) is 0 Å². The van der Waals surface area contributed by atoms with Crippen molar-refractivity contribution in [3.8, 4) is 0 Å². The predicted molar refractivity (Wildman–Crippen MR) is 75.9 cm³/mol. The smallest absolute Gasteiger partial charge is 0.140 e. The van der Waals surface area contributed by atoms with Crippen molar-refractivity contribution in [2.75, 3.05) is 0 Å². The van der Waals surface area contributed by atoms with Gasteiger partial charge in [0.25, 0.3) is 0 Å². The molecule has 1 fully saturated rings. The molecule has 0 radical (unpaired) electrons. The molecule has 1 aliphatic carbocycles. The van der Waals surface area contributed by atoms with Gasteiger partial charge in [0, 0.05) is 23.1 Å². The van der Waals surface area contributed by atoms with Crippen LogP contribution in [0.15, 0.2) is 29.6 Å². The molecule has 0 aliphatic heterocycles. The molecule has 2 nitrogen and oxygen atoms in total. The van der Waals surface area contributed by atoms with Crippen molar-refractivity contribution in [3.05, 3.63) is 35.2 Å². The Morgan fingerprint density at radius 3 is 2.94 bits per heavy atom. The first-order valence-electron chi connectivity index (χ1n) is 6.47. The lowest BCUT2D eigenvalue weighted by molar-refractivity contribution is -0.122. The number of fused-ring (bicyclic) bond motifs is 1. The van der Waals surface area contributed by atoms with Gasteiger partial charge in [-0.15, -0.1) is 11.3 Å². The molecule has 2 aromatic rings. The monoisotopic (exact) mass is 259 g/mol. The molecular formula is C15H17NOS. The number of hydrogen-bond donors (Lipinski definition) is 1. The van der Waals surface area contributed by atoms with Crippen LogP contribution in [-0.4, -0.2) is 11.8 Å². The number of rotatable bonds is 3. The molecular weight excluding hydrogens is 242 g/mol. The van der Waals surface area contributed by atoms with E-state index in [2.05, 4.69) is 17.5 Å². The van der Waals surface area contributed by atoms with E-state index in [1.54, 1.807) is 11.3 Å². The van der Waals surface area contributed by atoms with Gasteiger partial charge in [0.1, 0.15) is 5.78 Å². The first-order valence-corrected chi connectivity index (χ1v) is 7.35. The van der Waals surface area contributed by atoms with Crippen LogP contribution < -0.4 is 5.73 Å². The van der Waals surface area contributed by atoms with E-state index in [0.29, 0.717) is 12.2 Å². The lowest BCUT2D eigenvalue weighted by Gasteiger charge is -2.07. The van der Waals surface area contributed by atoms with E-state index < -0.39 is 0 Å². The summed E-state index contributed by atoms with van der Waals surface area (Å²) in [6.45, 7) is 0. The molecule has 2 N–H and O–H groups in total. The van der Waals surface area contributed by atoms with Gasteiger partial charge in [-0.1, -0.05) is 18.2 Å². The molecule has 2 unspecified atom stereocenters. The van der Waals surface area contributed by atoms with Gasteiger partial charge in [-0.2, -0.15) is 0 Å². The van der Waals surface area contributed by atoms with Crippen molar-refractivity contribution in [3.63, 3.8) is 0 Å². The van der Waals surface area contributed by atoms with E-state index >= 15 is 0 Å². The number of thiophene rings is 1. The summed E-state index contributed by atoms with van der Waals surface area (Å²) in [4.78, 5) is 12.3. The van der Waals surface area contributed by atoms with Crippen LogP contribution in [0.1, 0.15) is 24.8 Å². The topological polar surface area (TPSA) is 43.1 Å². The van der Waals surface area contributed by atoms with Crippen LogP contribution in [-0.2, 0) is 11.2 Å². The van der Waals surface area contributed by atoms with E-state index in [4.69, 9.17) is 5.73 Å². The zero-order valence-corrected chi connectivity index (χ0v) is 11.1. The average Bonchev–Trinajstić information content (AvgIpc) is 2.97. The third kappa shape index (κ3) is 2.20. The SMILES string of the molecule is NC1CCC(C(=O)Cc2csc3ccccc23)C1. The van der Waals surface area contributed by atoms with Crippen LogP contribution in [0.2, 0.25) is 0 Å². The maximum absolute atomic E-state index is 12.3. The van der Waals surface area contributed by atoms with Crippen LogP contribution in [0.4, 0.5) is 0 Å². The normalized spacial score (nSPS) is 23.6. The Hall–Kier alpha value is -1.19. The molecule has 3 heteroatoms. The Morgan fingerprint density at radius 1 is 1.33 bits per heavy atom. The van der Waals surface area contributed by atoms with E-state index in [-0.39, 0.29) is 12.0 Å². The quantitative estimate of drug-likeness (QED) is 0.920. The molecule has 3 rings (SSSR count). The second-order valence-electron chi connectivity index (χ2n) is 5.17. The average molecular weight is 259 g/mol. The molecule has 94 valence electrons. The van der Waals surface area contributed by atoms with Gasteiger partial charge >= 0.3 is 0 Å². The van der Waals surface area contributed by atoms with Gasteiger partial charge < -0.3 is 5.73 Å². The number of Topliss-reactive ketones (excluding diaryl/α,β-unsaturated/α-hetero) is 1. The summed E-state index contributed by atoms with van der Waals surface area (Å²) in [5, 5.41) is 3.36. The van der Waals surface area contributed by atoms with Crippen LogP contribution >= 0.6 is 11.3 Å². The zero-order valence-electron chi connectivity index (χ0n) is 10.3. The van der Waals surface area contributed by atoms with Gasteiger partial charge in [0.05, 0.1) is 0 Å². The van der Waals surface area contributed by atoms with Crippen molar-refractivity contribution < 1.29 is 4.79 Å². The van der Waals surface area contributed by atoms with Crippen LogP contribution in [0.25, 0.3) is 10.1 Å². The van der Waals surface area contributed by atoms with Gasteiger partial charge in [-0.05, 0) is 41.7 Å². The third-order valence-electron chi connectivity index (χ3n) is 3.85. The van der Waals surface area contributed by atoms with Crippen LogP contribution in [0.3, 0.4) is 0 Å². The molecule has 0 amide bonds. The zero-order chi connectivity index (χ0) is 12.5. The molecule has 0 saturated heterocycles. The summed E-state index contributed by atoms with van der Waals surface area (Å²) in [5.74, 6) is 0.560. The first kappa shape index (κ1) is 11.9. The highest BCUT2D eigenvalue weighted by Crippen LogP contribution is 2.30. The summed E-state index contributed by atoms with van der Waals surface area (Å²) in [6.07, 6.45) is 3.42. The van der Waals surface area contributed by atoms with Gasteiger partial charge in [-0.3, -0.25) is 4.79 Å². The largest absolute Gasteiger partial charge is 0.328 e. The number of nitrogens with two attached hydrogens (primary N) is 1. The minimum absolute atomic E-state index is 0.193. The van der Waals surface area contributed by atoms with E-state index in [0.717, 1.165) is 19.3 Å². The van der Waals surface area contributed by atoms with Crippen molar-refractivity contribution in [2.24, 2.45) is 11.7 Å². The highest BCUT2D eigenvalue weighted by Gasteiger charge is 2.27. The highest BCUT2D eigenvalue weighted by atomic mass is 32.1. The maximum atomic E-state index is 12.3. The standard InChI is InChI=1S/C15H17NOS/c16-12-6-5-10(7-12)14(17)8-11-9-18-15-4-2-1-3-13(11)15/h1-4,9-10,12H,5-8,16H2. The molecule has 0 bridgehead atoms. The highest BCUT2D eigenvalue weighted by molar-refractivity contribution is 7.17. The number of benzene rings is 1. The fourth-order valence-electron chi connectivity index (χ4n) is 2.81. The fourth-order valence-corrected chi connectivity index (χ4v) is 3.77. The molecule has 18 heavy (non-hydrogen) atoms. The first-order chi connectivity index (χ1) is 8.74. The van der Waals surface area contributed by atoms with Crippen molar-refractivity contribution in [2.45, 2.75) is 31.7 Å². The predicted octanol–water partition coefficient (Wildman–Crippen LogP) is 3.14. The van der Waals surface area contributed by atoms with Crippen molar-refractivity contribution >= 4 is 27.2 Å². The van der Waals surface area contributed by atoms with Crippen LogP contribution in [0, 0.1) is 5.92 Å². The van der Waals surface area contributed by atoms with Gasteiger partial charge in [-0.25, -0.2) is 0 Å². The Kier molecular flexibility index (Phi) is 3.18.